The number of hydrogen-bond donors (Lipinski definition) is 1. The van der Waals surface area contributed by atoms with Gasteiger partial charge in [0.1, 0.15) is 6.29 Å². The Bertz CT molecular complexity index is 1160. The Balaban J connectivity index is 1.71. The number of nitrogens with zero attached hydrogens (tertiary/aromatic N) is 1. The molecule has 1 aliphatic rings. The molecule has 0 spiro atoms. The van der Waals surface area contributed by atoms with Gasteiger partial charge in [-0.1, -0.05) is 54.1 Å². The summed E-state index contributed by atoms with van der Waals surface area (Å²) in [6.07, 6.45) is 1.86. The van der Waals surface area contributed by atoms with Crippen LogP contribution in [0.15, 0.2) is 72.8 Å². The molecule has 1 aliphatic heterocycles. The predicted octanol–water partition coefficient (Wildman–Crippen LogP) is 5.79. The van der Waals surface area contributed by atoms with E-state index >= 15 is 0 Å². The first-order chi connectivity index (χ1) is 13.7. The van der Waals surface area contributed by atoms with E-state index in [0.29, 0.717) is 5.56 Å². The number of para-hydroxylation sites is 1. The first-order valence-electron chi connectivity index (χ1n) is 9.41. The van der Waals surface area contributed by atoms with E-state index in [0.717, 1.165) is 35.5 Å². The fourth-order valence-corrected chi connectivity index (χ4v) is 4.41. The average molecular weight is 387 g/mol. The fraction of sp³-hybridized carbons (Fsp3) is 0.125. The van der Waals surface area contributed by atoms with Crippen molar-refractivity contribution in [1.82, 2.24) is 4.98 Å². The first kappa shape index (κ1) is 17.1. The maximum absolute atomic E-state index is 11.3. The van der Waals surface area contributed by atoms with Gasteiger partial charge in [-0.2, -0.15) is 0 Å². The summed E-state index contributed by atoms with van der Waals surface area (Å²) in [7, 11) is 0. The van der Waals surface area contributed by atoms with Crippen molar-refractivity contribution in [3.63, 3.8) is 0 Å². The van der Waals surface area contributed by atoms with Crippen molar-refractivity contribution in [3.8, 4) is 0 Å². The van der Waals surface area contributed by atoms with E-state index in [2.05, 4.69) is 52.3 Å². The van der Waals surface area contributed by atoms with E-state index < -0.39 is 0 Å². The molecule has 0 fully saturated rings. The molecule has 0 amide bonds. The van der Waals surface area contributed by atoms with Crippen LogP contribution in [0, 0.1) is 0 Å². The van der Waals surface area contributed by atoms with Crippen molar-refractivity contribution >= 4 is 34.5 Å². The lowest BCUT2D eigenvalue weighted by Gasteiger charge is -2.38. The van der Waals surface area contributed by atoms with Crippen LogP contribution in [0.2, 0.25) is 5.02 Å². The molecule has 1 N–H and O–H groups in total. The monoisotopic (exact) mass is 386 g/mol. The minimum Gasteiger partial charge on any atom is -0.359 e. The summed E-state index contributed by atoms with van der Waals surface area (Å²) >= 11 is 6.15. The van der Waals surface area contributed by atoms with Gasteiger partial charge in [0.25, 0.3) is 0 Å². The minimum atomic E-state index is 0.0373. The topological polar surface area (TPSA) is 36.1 Å². The summed E-state index contributed by atoms with van der Waals surface area (Å²) < 4.78 is 0. The van der Waals surface area contributed by atoms with Gasteiger partial charge >= 0.3 is 0 Å². The number of anilines is 1. The van der Waals surface area contributed by atoms with Crippen LogP contribution in [0.3, 0.4) is 0 Å². The molecule has 5 rings (SSSR count). The van der Waals surface area contributed by atoms with Crippen LogP contribution in [0.25, 0.3) is 10.9 Å². The van der Waals surface area contributed by atoms with Crippen molar-refractivity contribution in [3.05, 3.63) is 100 Å². The molecule has 1 unspecified atom stereocenters. The lowest BCUT2D eigenvalue weighted by Crippen LogP contribution is -2.36. The number of nitrogens with one attached hydrogen (secondary N) is 1. The Hall–Kier alpha value is -3.04. The highest BCUT2D eigenvalue weighted by atomic mass is 35.5. The van der Waals surface area contributed by atoms with Gasteiger partial charge in [-0.15, -0.1) is 0 Å². The molecule has 0 radical (unpaired) electrons. The molecule has 0 saturated carbocycles. The Morgan fingerprint density at radius 2 is 1.82 bits per heavy atom. The van der Waals surface area contributed by atoms with Crippen molar-refractivity contribution in [2.45, 2.75) is 12.5 Å². The fourth-order valence-electron chi connectivity index (χ4n) is 4.29. The third kappa shape index (κ3) is 2.79. The van der Waals surface area contributed by atoms with Crippen molar-refractivity contribution in [2.24, 2.45) is 0 Å². The van der Waals surface area contributed by atoms with E-state index in [1.165, 1.54) is 22.2 Å². The third-order valence-corrected chi connectivity index (χ3v) is 5.81. The Kier molecular flexibility index (Phi) is 4.18. The SMILES string of the molecule is O=Cc1cccc(N2CCc3c([nH]c4ccccc34)C2c2ccc(Cl)cc2)c1. The van der Waals surface area contributed by atoms with Crippen LogP contribution in [0.5, 0.6) is 0 Å². The van der Waals surface area contributed by atoms with Crippen molar-refractivity contribution < 1.29 is 4.79 Å². The Morgan fingerprint density at radius 1 is 1.00 bits per heavy atom. The van der Waals surface area contributed by atoms with Crippen molar-refractivity contribution in [1.29, 1.82) is 0 Å². The minimum absolute atomic E-state index is 0.0373. The lowest BCUT2D eigenvalue weighted by atomic mass is 9.91. The highest BCUT2D eigenvalue weighted by Crippen LogP contribution is 2.41. The molecule has 1 atom stereocenters. The van der Waals surface area contributed by atoms with E-state index in [4.69, 9.17) is 11.6 Å². The first-order valence-corrected chi connectivity index (χ1v) is 9.79. The van der Waals surface area contributed by atoms with Gasteiger partial charge in [0.2, 0.25) is 0 Å². The molecule has 1 aromatic heterocycles. The van der Waals surface area contributed by atoms with Crippen LogP contribution < -0.4 is 4.90 Å². The zero-order valence-corrected chi connectivity index (χ0v) is 16.0. The summed E-state index contributed by atoms with van der Waals surface area (Å²) in [5, 5.41) is 2.02. The maximum Gasteiger partial charge on any atom is 0.150 e. The van der Waals surface area contributed by atoms with E-state index in [1.54, 1.807) is 0 Å². The highest BCUT2D eigenvalue weighted by molar-refractivity contribution is 6.30. The second-order valence-electron chi connectivity index (χ2n) is 7.17. The summed E-state index contributed by atoms with van der Waals surface area (Å²) in [6.45, 7) is 0.879. The van der Waals surface area contributed by atoms with Crippen LogP contribution >= 0.6 is 11.6 Å². The molecule has 28 heavy (non-hydrogen) atoms. The molecular formula is C24H19ClN2O. The number of rotatable bonds is 3. The van der Waals surface area contributed by atoms with Gasteiger partial charge < -0.3 is 9.88 Å². The van der Waals surface area contributed by atoms with Gasteiger partial charge in [-0.25, -0.2) is 0 Å². The van der Waals surface area contributed by atoms with Crippen molar-refractivity contribution in [2.75, 3.05) is 11.4 Å². The molecule has 0 aliphatic carbocycles. The normalized spacial score (nSPS) is 16.2. The predicted molar refractivity (Wildman–Crippen MR) is 114 cm³/mol. The van der Waals surface area contributed by atoms with Gasteiger partial charge in [0.05, 0.1) is 6.04 Å². The number of H-pyrrole nitrogens is 1. The molecular weight excluding hydrogens is 368 g/mol. The van der Waals surface area contributed by atoms with Crippen LogP contribution in [-0.2, 0) is 6.42 Å². The van der Waals surface area contributed by atoms with Gasteiger partial charge in [-0.05, 0) is 47.9 Å². The van der Waals surface area contributed by atoms with Crippen LogP contribution in [-0.4, -0.2) is 17.8 Å². The standard InChI is InChI=1S/C24H19ClN2O/c25-18-10-8-17(9-11-18)24-23-21(20-6-1-2-7-22(20)26-23)12-13-27(24)19-5-3-4-16(14-19)15-28/h1-11,14-15,24,26H,12-13H2. The van der Waals surface area contributed by atoms with E-state index in [-0.39, 0.29) is 6.04 Å². The lowest BCUT2D eigenvalue weighted by molar-refractivity contribution is 0.112. The number of halogens is 1. The number of carbonyl (C=O) groups is 1. The van der Waals surface area contributed by atoms with Gasteiger partial charge in [0, 0.05) is 39.4 Å². The highest BCUT2D eigenvalue weighted by Gasteiger charge is 2.31. The molecule has 4 aromatic rings. The van der Waals surface area contributed by atoms with E-state index in [1.807, 2.05) is 30.3 Å². The molecule has 138 valence electrons. The number of hydrogen-bond acceptors (Lipinski definition) is 2. The maximum atomic E-state index is 11.3. The molecule has 0 saturated heterocycles. The van der Waals surface area contributed by atoms with Crippen LogP contribution in [0.1, 0.15) is 33.2 Å². The summed E-state index contributed by atoms with van der Waals surface area (Å²) in [5.41, 5.74) is 6.66. The average Bonchev–Trinajstić information content (AvgIpc) is 3.12. The molecule has 3 nitrogen and oxygen atoms in total. The third-order valence-electron chi connectivity index (χ3n) is 5.56. The molecule has 4 heteroatoms. The largest absolute Gasteiger partial charge is 0.359 e. The smallest absolute Gasteiger partial charge is 0.150 e. The molecule has 2 heterocycles. The second-order valence-corrected chi connectivity index (χ2v) is 7.61. The second kappa shape index (κ2) is 6.84. The number of carbonyl (C=O) groups excluding carboxylic acids is 1. The summed E-state index contributed by atoms with van der Waals surface area (Å²) in [4.78, 5) is 17.3. The van der Waals surface area contributed by atoms with Gasteiger partial charge in [-0.3, -0.25) is 4.79 Å². The zero-order valence-electron chi connectivity index (χ0n) is 15.2. The van der Waals surface area contributed by atoms with E-state index in [9.17, 15) is 4.79 Å². The number of fused-ring (bicyclic) bond motifs is 3. The number of aromatic nitrogens is 1. The molecule has 0 bridgehead atoms. The zero-order chi connectivity index (χ0) is 19.1. The molecule has 3 aromatic carbocycles. The summed E-state index contributed by atoms with van der Waals surface area (Å²) in [5.74, 6) is 0. The Morgan fingerprint density at radius 3 is 2.64 bits per heavy atom. The Labute approximate surface area is 168 Å². The number of aldehydes is 1. The summed E-state index contributed by atoms with van der Waals surface area (Å²) in [6, 6.07) is 24.4. The number of benzene rings is 3. The number of aromatic amines is 1. The van der Waals surface area contributed by atoms with Crippen LogP contribution in [0.4, 0.5) is 5.69 Å². The van der Waals surface area contributed by atoms with Gasteiger partial charge in [0.15, 0.2) is 0 Å². The quantitative estimate of drug-likeness (QED) is 0.452.